The molecule has 0 bridgehead atoms. The van der Waals surface area contributed by atoms with Gasteiger partial charge in [-0.15, -0.1) is 0 Å². The van der Waals surface area contributed by atoms with E-state index in [9.17, 15) is 34.2 Å². The summed E-state index contributed by atoms with van der Waals surface area (Å²) in [4.78, 5) is 61.9. The van der Waals surface area contributed by atoms with E-state index in [0.29, 0.717) is 24.3 Å². The number of carboxylic acids is 1. The van der Waals surface area contributed by atoms with Crippen LogP contribution in [0.3, 0.4) is 0 Å². The molecule has 0 spiro atoms. The van der Waals surface area contributed by atoms with Gasteiger partial charge in [0.2, 0.25) is 23.6 Å². The summed E-state index contributed by atoms with van der Waals surface area (Å²) in [6.07, 6.45) is 2.84. The van der Waals surface area contributed by atoms with Gasteiger partial charge in [-0.25, -0.2) is 4.79 Å². The third kappa shape index (κ3) is 9.38. The number of carbonyl (C=O) groups is 5. The van der Waals surface area contributed by atoms with Crippen LogP contribution in [0.15, 0.2) is 24.3 Å². The van der Waals surface area contributed by atoms with Crippen LogP contribution in [0.25, 0.3) is 0 Å². The molecule has 1 fully saturated rings. The van der Waals surface area contributed by atoms with E-state index in [4.69, 9.17) is 5.73 Å². The van der Waals surface area contributed by atoms with Crippen molar-refractivity contribution >= 4 is 41.4 Å². The lowest BCUT2D eigenvalue weighted by Gasteiger charge is -2.25. The van der Waals surface area contributed by atoms with Crippen molar-refractivity contribution in [3.05, 3.63) is 29.8 Å². The van der Waals surface area contributed by atoms with Crippen LogP contribution in [-0.2, 0) is 30.4 Å². The molecule has 198 valence electrons. The zero-order chi connectivity index (χ0) is 26.7. The van der Waals surface area contributed by atoms with E-state index in [1.807, 2.05) is 6.26 Å². The third-order valence-electron chi connectivity index (χ3n) is 5.65. The van der Waals surface area contributed by atoms with Gasteiger partial charge in [0.15, 0.2) is 0 Å². The summed E-state index contributed by atoms with van der Waals surface area (Å²) in [5, 5.41) is 29.5. The zero-order valence-electron chi connectivity index (χ0n) is 20.0. The number of primary amides is 1. The predicted octanol–water partition coefficient (Wildman–Crippen LogP) is -1.15. The standard InChI is InChI=1S/C23H33N5O7S/c1-36-10-8-16(23(34)35)26-21(32)17(11-13-4-6-14(29)7-5-13)27-22(33)18(12-19(24)30)28-20(31)15-3-2-9-25-15/h4-7,15-18,25,29H,2-3,8-12H2,1H3,(H2,24,30)(H,26,32)(H,27,33)(H,28,31)(H,34,35). The van der Waals surface area contributed by atoms with Crippen molar-refractivity contribution in [2.75, 3.05) is 18.6 Å². The van der Waals surface area contributed by atoms with Gasteiger partial charge in [-0.1, -0.05) is 12.1 Å². The fraction of sp³-hybridized carbons (Fsp3) is 0.522. The molecule has 1 aliphatic heterocycles. The average molecular weight is 524 g/mol. The number of nitrogens with one attached hydrogen (secondary N) is 4. The maximum atomic E-state index is 13.1. The van der Waals surface area contributed by atoms with Crippen molar-refractivity contribution in [1.82, 2.24) is 21.3 Å². The summed E-state index contributed by atoms with van der Waals surface area (Å²) in [6, 6.07) is 1.71. The molecule has 12 nitrogen and oxygen atoms in total. The van der Waals surface area contributed by atoms with Gasteiger partial charge in [0.25, 0.3) is 0 Å². The SMILES string of the molecule is CSCCC(NC(=O)C(Cc1ccc(O)cc1)NC(=O)C(CC(N)=O)NC(=O)C1CCCN1)C(=O)O. The molecule has 8 N–H and O–H groups in total. The van der Waals surface area contributed by atoms with E-state index >= 15 is 0 Å². The molecule has 1 saturated heterocycles. The first-order chi connectivity index (χ1) is 17.1. The molecule has 2 rings (SSSR count). The molecule has 4 unspecified atom stereocenters. The van der Waals surface area contributed by atoms with Gasteiger partial charge in [0.05, 0.1) is 12.5 Å². The van der Waals surface area contributed by atoms with Gasteiger partial charge in [0.1, 0.15) is 23.9 Å². The van der Waals surface area contributed by atoms with Crippen LogP contribution in [0.4, 0.5) is 0 Å². The Hall–Kier alpha value is -3.32. The molecule has 1 heterocycles. The molecule has 1 aromatic rings. The van der Waals surface area contributed by atoms with Gasteiger partial charge in [-0.2, -0.15) is 11.8 Å². The van der Waals surface area contributed by atoms with Gasteiger partial charge < -0.3 is 37.2 Å². The third-order valence-corrected chi connectivity index (χ3v) is 6.29. The summed E-state index contributed by atoms with van der Waals surface area (Å²) >= 11 is 1.43. The summed E-state index contributed by atoms with van der Waals surface area (Å²) < 4.78 is 0. The lowest BCUT2D eigenvalue weighted by atomic mass is 10.0. The number of phenolic OH excluding ortho intramolecular Hbond substituents is 1. The summed E-state index contributed by atoms with van der Waals surface area (Å²) in [5.41, 5.74) is 5.86. The smallest absolute Gasteiger partial charge is 0.326 e. The van der Waals surface area contributed by atoms with Crippen LogP contribution in [0.5, 0.6) is 5.75 Å². The van der Waals surface area contributed by atoms with Crippen molar-refractivity contribution in [3.63, 3.8) is 0 Å². The largest absolute Gasteiger partial charge is 0.508 e. The van der Waals surface area contributed by atoms with Crippen molar-refractivity contribution in [2.45, 2.75) is 56.3 Å². The normalized spacial score (nSPS) is 17.4. The first kappa shape index (κ1) is 28.9. The number of amides is 4. The number of aromatic hydroxyl groups is 1. The Morgan fingerprint density at radius 1 is 1.06 bits per heavy atom. The van der Waals surface area contributed by atoms with Crippen molar-refractivity contribution in [2.24, 2.45) is 5.73 Å². The Kier molecular flexibility index (Phi) is 11.5. The van der Waals surface area contributed by atoms with E-state index in [-0.39, 0.29) is 18.6 Å². The Morgan fingerprint density at radius 3 is 2.25 bits per heavy atom. The molecule has 13 heteroatoms. The number of nitrogens with two attached hydrogens (primary N) is 1. The van der Waals surface area contributed by atoms with Gasteiger partial charge in [0, 0.05) is 6.42 Å². The Labute approximate surface area is 213 Å². The number of rotatable bonds is 14. The Morgan fingerprint density at radius 2 is 1.69 bits per heavy atom. The summed E-state index contributed by atoms with van der Waals surface area (Å²) in [5.74, 6) is -3.55. The van der Waals surface area contributed by atoms with Crippen molar-refractivity contribution in [1.29, 1.82) is 0 Å². The second-order valence-electron chi connectivity index (χ2n) is 8.49. The monoisotopic (exact) mass is 523 g/mol. The Balaban J connectivity index is 2.21. The fourth-order valence-corrected chi connectivity index (χ4v) is 4.18. The summed E-state index contributed by atoms with van der Waals surface area (Å²) in [6.45, 7) is 0.654. The highest BCUT2D eigenvalue weighted by atomic mass is 32.2. The highest BCUT2D eigenvalue weighted by Crippen LogP contribution is 2.13. The maximum Gasteiger partial charge on any atom is 0.326 e. The number of carboxylic acid groups (broad SMARTS) is 1. The molecule has 1 aromatic carbocycles. The lowest BCUT2D eigenvalue weighted by molar-refractivity contribution is -0.142. The minimum Gasteiger partial charge on any atom is -0.508 e. The zero-order valence-corrected chi connectivity index (χ0v) is 20.8. The fourth-order valence-electron chi connectivity index (χ4n) is 3.71. The molecule has 1 aliphatic rings. The molecule has 4 atom stereocenters. The number of hydrogen-bond acceptors (Lipinski definition) is 8. The molecule has 4 amide bonds. The topological polar surface area (TPSA) is 200 Å². The first-order valence-corrected chi connectivity index (χ1v) is 12.9. The van der Waals surface area contributed by atoms with Crippen LogP contribution < -0.4 is 27.0 Å². The van der Waals surface area contributed by atoms with E-state index < -0.39 is 60.2 Å². The average Bonchev–Trinajstić information content (AvgIpc) is 3.36. The first-order valence-electron chi connectivity index (χ1n) is 11.5. The van der Waals surface area contributed by atoms with Gasteiger partial charge in [-0.3, -0.25) is 19.2 Å². The predicted molar refractivity (Wildman–Crippen MR) is 133 cm³/mol. The van der Waals surface area contributed by atoms with E-state index in [0.717, 1.165) is 6.42 Å². The van der Waals surface area contributed by atoms with Crippen LogP contribution in [0.1, 0.15) is 31.2 Å². The maximum absolute atomic E-state index is 13.1. The number of thioether (sulfide) groups is 1. The molecule has 0 aromatic heterocycles. The summed E-state index contributed by atoms with van der Waals surface area (Å²) in [7, 11) is 0. The van der Waals surface area contributed by atoms with Gasteiger partial charge >= 0.3 is 5.97 Å². The molecule has 0 aliphatic carbocycles. The molecule has 36 heavy (non-hydrogen) atoms. The van der Waals surface area contributed by atoms with Gasteiger partial charge in [-0.05, 0) is 55.5 Å². The quantitative estimate of drug-likeness (QED) is 0.157. The van der Waals surface area contributed by atoms with Crippen LogP contribution in [0.2, 0.25) is 0 Å². The number of aliphatic carboxylic acids is 1. The van der Waals surface area contributed by atoms with Crippen LogP contribution in [-0.4, -0.2) is 82.5 Å². The number of hydrogen-bond donors (Lipinski definition) is 7. The van der Waals surface area contributed by atoms with Crippen LogP contribution in [0, 0.1) is 0 Å². The minimum absolute atomic E-state index is 0.0107. The number of carbonyl (C=O) groups excluding carboxylic acids is 4. The van der Waals surface area contributed by atoms with E-state index in [2.05, 4.69) is 21.3 Å². The highest BCUT2D eigenvalue weighted by Gasteiger charge is 2.32. The van der Waals surface area contributed by atoms with Crippen molar-refractivity contribution in [3.8, 4) is 5.75 Å². The number of benzene rings is 1. The van der Waals surface area contributed by atoms with Crippen LogP contribution >= 0.6 is 11.8 Å². The molecular formula is C23H33N5O7S. The van der Waals surface area contributed by atoms with E-state index in [1.54, 1.807) is 12.1 Å². The number of phenols is 1. The Bertz CT molecular complexity index is 937. The van der Waals surface area contributed by atoms with Crippen molar-refractivity contribution < 1.29 is 34.2 Å². The lowest BCUT2D eigenvalue weighted by Crippen LogP contribution is -2.58. The molecular weight excluding hydrogens is 490 g/mol. The second-order valence-corrected chi connectivity index (χ2v) is 9.48. The minimum atomic E-state index is -1.32. The molecule has 0 saturated carbocycles. The second kappa shape index (κ2) is 14.3. The molecule has 0 radical (unpaired) electrons. The van der Waals surface area contributed by atoms with E-state index in [1.165, 1.54) is 23.9 Å². The highest BCUT2D eigenvalue weighted by molar-refractivity contribution is 7.98.